The normalized spacial score (nSPS) is 14.3. The number of Topliss-reactive ketones (excluding diaryl/α,β-unsaturated/α-hetero) is 1. The van der Waals surface area contributed by atoms with Crippen molar-refractivity contribution in [2.75, 3.05) is 0 Å². The summed E-state index contributed by atoms with van der Waals surface area (Å²) in [6, 6.07) is 22.7. The van der Waals surface area contributed by atoms with Crippen LogP contribution in [-0.4, -0.2) is 21.4 Å². The van der Waals surface area contributed by atoms with Crippen molar-refractivity contribution >= 4 is 11.6 Å². The van der Waals surface area contributed by atoms with Crippen LogP contribution in [0.1, 0.15) is 69.7 Å². The maximum Gasteiger partial charge on any atom is 0.185 e. The molecule has 0 aliphatic heterocycles. The summed E-state index contributed by atoms with van der Waals surface area (Å²) >= 11 is 0. The second-order valence-corrected chi connectivity index (χ2v) is 10.6. The molecule has 0 bridgehead atoms. The third-order valence-electron chi connectivity index (χ3n) is 7.58. The largest absolute Gasteiger partial charge is 0.384 e. The number of nitriles is 1. The minimum absolute atomic E-state index is 0.0928. The van der Waals surface area contributed by atoms with Crippen LogP contribution in [0.2, 0.25) is 0 Å². The molecule has 1 unspecified atom stereocenters. The molecule has 0 amide bonds. The highest BCUT2D eigenvalue weighted by molar-refractivity contribution is 5.97. The molecule has 202 valence electrons. The van der Waals surface area contributed by atoms with Crippen molar-refractivity contribution in [1.29, 1.82) is 10.7 Å². The Morgan fingerprint density at radius 3 is 2.60 bits per heavy atom. The first-order valence-electron chi connectivity index (χ1n) is 13.3. The second kappa shape index (κ2) is 10.9. The van der Waals surface area contributed by atoms with Crippen molar-refractivity contribution in [1.82, 2.24) is 9.78 Å². The molecule has 4 aromatic rings. The number of benzene rings is 3. The zero-order valence-corrected chi connectivity index (χ0v) is 22.3. The fourth-order valence-corrected chi connectivity index (χ4v) is 5.11. The Labute approximate surface area is 232 Å². The van der Waals surface area contributed by atoms with Crippen LogP contribution in [0.5, 0.6) is 0 Å². The van der Waals surface area contributed by atoms with Gasteiger partial charge in [0.15, 0.2) is 5.78 Å². The molecule has 0 saturated heterocycles. The van der Waals surface area contributed by atoms with E-state index in [1.54, 1.807) is 61.5 Å². The number of nitrogens with one attached hydrogen (secondary N) is 1. The van der Waals surface area contributed by atoms with Gasteiger partial charge in [-0.05, 0) is 78.8 Å². The van der Waals surface area contributed by atoms with Gasteiger partial charge in [0.05, 0.1) is 28.6 Å². The van der Waals surface area contributed by atoms with Gasteiger partial charge in [0.1, 0.15) is 17.3 Å². The minimum Gasteiger partial charge on any atom is -0.384 e. The molecule has 3 aromatic carbocycles. The summed E-state index contributed by atoms with van der Waals surface area (Å²) in [5, 5.41) is 21.7. The van der Waals surface area contributed by atoms with Crippen LogP contribution in [0.4, 0.5) is 4.39 Å². The molecule has 5 N–H and O–H groups in total. The summed E-state index contributed by atoms with van der Waals surface area (Å²) in [5.41, 5.74) is 16.1. The number of aromatic nitrogens is 2. The number of rotatable bonds is 10. The number of hydrogen-bond donors (Lipinski definition) is 3. The van der Waals surface area contributed by atoms with Crippen LogP contribution >= 0.6 is 0 Å². The Bertz CT molecular complexity index is 1650. The highest BCUT2D eigenvalue weighted by Crippen LogP contribution is 2.40. The third-order valence-corrected chi connectivity index (χ3v) is 7.58. The topological polar surface area (TPSA) is 135 Å². The van der Waals surface area contributed by atoms with Gasteiger partial charge in [-0.25, -0.2) is 9.07 Å². The molecule has 7 nitrogen and oxygen atoms in total. The van der Waals surface area contributed by atoms with E-state index in [2.05, 4.69) is 11.2 Å². The molecule has 1 heterocycles. The molecule has 0 radical (unpaired) electrons. The SMILES string of the molecule is Cc1cc(C(=O)Cc2cc(C(N)(CCC3CC3)c3cccc(C#N)c3)ccc2F)n(-c2cccc(C(=N)N)c2)n1. The van der Waals surface area contributed by atoms with Crippen molar-refractivity contribution in [2.24, 2.45) is 17.4 Å². The molecule has 1 aromatic heterocycles. The molecular weight excluding hydrogens is 503 g/mol. The number of hydrogen-bond acceptors (Lipinski definition) is 5. The zero-order valence-electron chi connectivity index (χ0n) is 22.3. The van der Waals surface area contributed by atoms with Crippen molar-refractivity contribution in [2.45, 2.75) is 44.6 Å². The maximum absolute atomic E-state index is 15.2. The summed E-state index contributed by atoms with van der Waals surface area (Å²) in [7, 11) is 0. The monoisotopic (exact) mass is 534 g/mol. The Kier molecular flexibility index (Phi) is 7.33. The lowest BCUT2D eigenvalue weighted by Crippen LogP contribution is -2.38. The lowest BCUT2D eigenvalue weighted by atomic mass is 9.78. The van der Waals surface area contributed by atoms with E-state index in [1.165, 1.54) is 23.6 Å². The van der Waals surface area contributed by atoms with E-state index >= 15 is 4.39 Å². The van der Waals surface area contributed by atoms with Gasteiger partial charge in [0.25, 0.3) is 0 Å². The highest BCUT2D eigenvalue weighted by atomic mass is 19.1. The van der Waals surface area contributed by atoms with Crippen LogP contribution in [0, 0.1) is 35.4 Å². The molecule has 40 heavy (non-hydrogen) atoms. The third kappa shape index (κ3) is 5.56. The number of carbonyl (C=O) groups excluding carboxylic acids is 1. The quantitative estimate of drug-likeness (QED) is 0.144. The standard InChI is InChI=1S/C32H31FN6O/c1-20-14-29(39(38-20)27-7-3-5-23(17-27)31(35)36)30(40)18-24-16-26(10-11-28(24)33)32(37,13-12-21-8-9-21)25-6-2-4-22(15-25)19-34/h2-7,10-11,14-17,21H,8-9,12-13,18,37H2,1H3,(H3,35,36). The second-order valence-electron chi connectivity index (χ2n) is 10.6. The molecule has 1 saturated carbocycles. The van der Waals surface area contributed by atoms with Gasteiger partial charge in [-0.3, -0.25) is 10.2 Å². The molecule has 1 fully saturated rings. The van der Waals surface area contributed by atoms with Crippen molar-refractivity contribution < 1.29 is 9.18 Å². The van der Waals surface area contributed by atoms with Crippen LogP contribution < -0.4 is 11.5 Å². The Morgan fingerprint density at radius 1 is 1.12 bits per heavy atom. The van der Waals surface area contributed by atoms with Crippen molar-refractivity contribution in [3.05, 3.63) is 118 Å². The number of amidine groups is 1. The van der Waals surface area contributed by atoms with Crippen LogP contribution in [0.25, 0.3) is 5.69 Å². The molecule has 1 aliphatic carbocycles. The lowest BCUT2D eigenvalue weighted by molar-refractivity contribution is 0.0984. The zero-order chi connectivity index (χ0) is 28.4. The van der Waals surface area contributed by atoms with E-state index in [-0.39, 0.29) is 23.6 Å². The van der Waals surface area contributed by atoms with Crippen molar-refractivity contribution in [3.63, 3.8) is 0 Å². The predicted octanol–water partition coefficient (Wildman–Crippen LogP) is 5.29. The number of nitrogens with two attached hydrogens (primary N) is 2. The number of aryl methyl sites for hydroxylation is 1. The van der Waals surface area contributed by atoms with Crippen molar-refractivity contribution in [3.8, 4) is 11.8 Å². The average Bonchev–Trinajstić information content (AvgIpc) is 3.71. The van der Waals surface area contributed by atoms with Gasteiger partial charge in [0, 0.05) is 12.0 Å². The first-order chi connectivity index (χ1) is 19.2. The summed E-state index contributed by atoms with van der Waals surface area (Å²) < 4.78 is 16.7. The van der Waals surface area contributed by atoms with Crippen LogP contribution in [-0.2, 0) is 12.0 Å². The fraction of sp³-hybridized carbons (Fsp3) is 0.250. The van der Waals surface area contributed by atoms with Gasteiger partial charge < -0.3 is 11.5 Å². The Morgan fingerprint density at radius 2 is 1.88 bits per heavy atom. The van der Waals surface area contributed by atoms with Gasteiger partial charge in [-0.15, -0.1) is 0 Å². The Balaban J connectivity index is 1.49. The first-order valence-corrected chi connectivity index (χ1v) is 13.3. The number of ketones is 1. The molecule has 1 atom stereocenters. The fourth-order valence-electron chi connectivity index (χ4n) is 5.11. The highest BCUT2D eigenvalue weighted by Gasteiger charge is 2.34. The molecule has 0 spiro atoms. The molecule has 8 heteroatoms. The predicted molar refractivity (Wildman–Crippen MR) is 152 cm³/mol. The lowest BCUT2D eigenvalue weighted by Gasteiger charge is -2.32. The number of carbonyl (C=O) groups is 1. The van der Waals surface area contributed by atoms with Gasteiger partial charge in [-0.1, -0.05) is 49.2 Å². The van der Waals surface area contributed by atoms with Gasteiger partial charge in [-0.2, -0.15) is 10.4 Å². The number of nitrogen functional groups attached to an aromatic ring is 1. The van der Waals surface area contributed by atoms with E-state index in [4.69, 9.17) is 16.9 Å². The summed E-state index contributed by atoms with van der Waals surface area (Å²) in [6.45, 7) is 1.78. The van der Waals surface area contributed by atoms with E-state index < -0.39 is 11.4 Å². The van der Waals surface area contributed by atoms with Crippen LogP contribution in [0.3, 0.4) is 0 Å². The molecular formula is C32H31FN6O. The summed E-state index contributed by atoms with van der Waals surface area (Å²) in [4.78, 5) is 13.6. The van der Waals surface area contributed by atoms with Gasteiger partial charge in [0.2, 0.25) is 0 Å². The van der Waals surface area contributed by atoms with E-state index in [0.717, 1.165) is 12.0 Å². The number of nitrogens with zero attached hydrogens (tertiary/aromatic N) is 3. The minimum atomic E-state index is -0.938. The van der Waals surface area contributed by atoms with E-state index in [9.17, 15) is 10.1 Å². The Hall–Kier alpha value is -4.61. The average molecular weight is 535 g/mol. The van der Waals surface area contributed by atoms with E-state index in [1.807, 2.05) is 12.1 Å². The van der Waals surface area contributed by atoms with Gasteiger partial charge >= 0.3 is 0 Å². The molecule has 5 rings (SSSR count). The summed E-state index contributed by atoms with van der Waals surface area (Å²) in [5.74, 6) is -0.260. The van der Waals surface area contributed by atoms with E-state index in [0.29, 0.717) is 46.1 Å². The van der Waals surface area contributed by atoms with Crippen LogP contribution in [0.15, 0.2) is 72.8 Å². The maximum atomic E-state index is 15.2. The first kappa shape index (κ1) is 27.0. The molecule has 1 aliphatic rings. The smallest absolute Gasteiger partial charge is 0.185 e. The number of halogens is 1. The summed E-state index contributed by atoms with van der Waals surface area (Å²) in [6.07, 6.45) is 3.74.